The van der Waals surface area contributed by atoms with Crippen LogP contribution >= 0.6 is 0 Å². The summed E-state index contributed by atoms with van der Waals surface area (Å²) in [4.78, 5) is 18.2. The Bertz CT molecular complexity index is 418. The number of nitrogens with one attached hydrogen (secondary N) is 1. The van der Waals surface area contributed by atoms with Gasteiger partial charge in [0.05, 0.1) is 12.0 Å². The Kier molecular flexibility index (Phi) is 3.32. The van der Waals surface area contributed by atoms with Crippen molar-refractivity contribution in [3.63, 3.8) is 0 Å². The lowest BCUT2D eigenvalue weighted by molar-refractivity contribution is -0.130. The van der Waals surface area contributed by atoms with E-state index >= 15 is 0 Å². The molecule has 1 saturated carbocycles. The quantitative estimate of drug-likeness (QED) is 0.837. The van der Waals surface area contributed by atoms with E-state index in [4.69, 9.17) is 0 Å². The molecule has 3 rings (SSSR count). The summed E-state index contributed by atoms with van der Waals surface area (Å²) in [5.41, 5.74) is 1.11. The van der Waals surface area contributed by atoms with Crippen LogP contribution in [0.25, 0.3) is 0 Å². The number of rotatable bonds is 5. The third-order valence-corrected chi connectivity index (χ3v) is 3.71. The SMILES string of the molecule is O=C(Cn1cncc1CNC1CC1)N1CCCC1. The highest BCUT2D eigenvalue weighted by Crippen LogP contribution is 2.19. The molecular weight excluding hydrogens is 228 g/mol. The maximum absolute atomic E-state index is 12.1. The summed E-state index contributed by atoms with van der Waals surface area (Å²) in [6.45, 7) is 3.09. The molecule has 1 aromatic rings. The molecule has 2 aliphatic rings. The molecule has 1 saturated heterocycles. The zero-order chi connectivity index (χ0) is 12.4. The fourth-order valence-electron chi connectivity index (χ4n) is 2.39. The number of hydrogen-bond acceptors (Lipinski definition) is 3. The average Bonchev–Trinajstić information content (AvgIpc) is 2.88. The normalized spacial score (nSPS) is 19.4. The number of aromatic nitrogens is 2. The molecule has 1 aliphatic heterocycles. The second-order valence-corrected chi connectivity index (χ2v) is 5.26. The average molecular weight is 248 g/mol. The molecule has 1 amide bonds. The van der Waals surface area contributed by atoms with Gasteiger partial charge in [-0.2, -0.15) is 0 Å². The first-order chi connectivity index (χ1) is 8.83. The van der Waals surface area contributed by atoms with Gasteiger partial charge in [0.25, 0.3) is 0 Å². The van der Waals surface area contributed by atoms with Crippen molar-refractivity contribution in [2.24, 2.45) is 0 Å². The van der Waals surface area contributed by atoms with E-state index in [2.05, 4.69) is 10.3 Å². The van der Waals surface area contributed by atoms with Crippen molar-refractivity contribution in [3.8, 4) is 0 Å². The Labute approximate surface area is 107 Å². The molecule has 0 atom stereocenters. The Morgan fingerprint density at radius 1 is 1.39 bits per heavy atom. The molecule has 18 heavy (non-hydrogen) atoms. The molecule has 0 radical (unpaired) electrons. The molecule has 0 aromatic carbocycles. The monoisotopic (exact) mass is 248 g/mol. The lowest BCUT2D eigenvalue weighted by Gasteiger charge is -2.16. The summed E-state index contributed by atoms with van der Waals surface area (Å²) >= 11 is 0. The van der Waals surface area contributed by atoms with Crippen LogP contribution in [0.4, 0.5) is 0 Å². The van der Waals surface area contributed by atoms with E-state index in [0.717, 1.165) is 38.2 Å². The van der Waals surface area contributed by atoms with Crippen LogP contribution in [0.15, 0.2) is 12.5 Å². The fraction of sp³-hybridized carbons (Fsp3) is 0.692. The zero-order valence-corrected chi connectivity index (χ0v) is 10.6. The Balaban J connectivity index is 1.57. The first kappa shape index (κ1) is 11.7. The molecule has 98 valence electrons. The molecule has 1 aromatic heterocycles. The highest BCUT2D eigenvalue weighted by atomic mass is 16.2. The topological polar surface area (TPSA) is 50.2 Å². The highest BCUT2D eigenvalue weighted by molar-refractivity contribution is 5.76. The first-order valence-corrected chi connectivity index (χ1v) is 6.83. The highest BCUT2D eigenvalue weighted by Gasteiger charge is 2.22. The van der Waals surface area contributed by atoms with E-state index in [1.54, 1.807) is 6.33 Å². The van der Waals surface area contributed by atoms with E-state index in [0.29, 0.717) is 12.6 Å². The van der Waals surface area contributed by atoms with Crippen molar-refractivity contribution < 1.29 is 4.79 Å². The van der Waals surface area contributed by atoms with Crippen molar-refractivity contribution in [1.82, 2.24) is 19.8 Å². The van der Waals surface area contributed by atoms with Crippen LogP contribution in [0, 0.1) is 0 Å². The van der Waals surface area contributed by atoms with Gasteiger partial charge in [0.1, 0.15) is 6.54 Å². The molecule has 5 nitrogen and oxygen atoms in total. The van der Waals surface area contributed by atoms with Gasteiger partial charge in [-0.05, 0) is 25.7 Å². The van der Waals surface area contributed by atoms with Crippen molar-refractivity contribution in [2.75, 3.05) is 13.1 Å². The van der Waals surface area contributed by atoms with Crippen LogP contribution in [-0.2, 0) is 17.9 Å². The maximum Gasteiger partial charge on any atom is 0.242 e. The van der Waals surface area contributed by atoms with E-state index in [1.807, 2.05) is 15.7 Å². The van der Waals surface area contributed by atoms with Crippen molar-refractivity contribution in [1.29, 1.82) is 0 Å². The zero-order valence-electron chi connectivity index (χ0n) is 10.6. The Morgan fingerprint density at radius 2 is 2.17 bits per heavy atom. The number of amides is 1. The van der Waals surface area contributed by atoms with Crippen molar-refractivity contribution in [3.05, 3.63) is 18.2 Å². The van der Waals surface area contributed by atoms with Gasteiger partial charge in [0.2, 0.25) is 5.91 Å². The summed E-state index contributed by atoms with van der Waals surface area (Å²) in [5.74, 6) is 0.221. The van der Waals surface area contributed by atoms with Crippen molar-refractivity contribution >= 4 is 5.91 Å². The standard InChI is InChI=1S/C13H20N4O/c18-13(16-5-1-2-6-16)9-17-10-14-7-12(17)8-15-11-3-4-11/h7,10-11,15H,1-6,8-9H2. The molecule has 2 fully saturated rings. The van der Waals surface area contributed by atoms with Gasteiger partial charge >= 0.3 is 0 Å². The summed E-state index contributed by atoms with van der Waals surface area (Å²) in [7, 11) is 0. The summed E-state index contributed by atoms with van der Waals surface area (Å²) in [6, 6.07) is 0.683. The van der Waals surface area contributed by atoms with E-state index < -0.39 is 0 Å². The van der Waals surface area contributed by atoms with Crippen LogP contribution in [0.1, 0.15) is 31.4 Å². The molecule has 5 heteroatoms. The van der Waals surface area contributed by atoms with Gasteiger partial charge in [0, 0.05) is 31.9 Å². The van der Waals surface area contributed by atoms with E-state index in [9.17, 15) is 4.79 Å². The minimum atomic E-state index is 0.221. The van der Waals surface area contributed by atoms with Crippen LogP contribution in [0.2, 0.25) is 0 Å². The molecule has 1 N–H and O–H groups in total. The summed E-state index contributed by atoms with van der Waals surface area (Å²) < 4.78 is 1.97. The van der Waals surface area contributed by atoms with Crippen LogP contribution in [-0.4, -0.2) is 39.5 Å². The number of hydrogen-bond donors (Lipinski definition) is 1. The predicted molar refractivity (Wildman–Crippen MR) is 67.9 cm³/mol. The number of imidazole rings is 1. The third kappa shape index (κ3) is 2.72. The Morgan fingerprint density at radius 3 is 2.89 bits per heavy atom. The van der Waals surface area contributed by atoms with Crippen LogP contribution in [0.5, 0.6) is 0 Å². The predicted octanol–water partition coefficient (Wildman–Crippen LogP) is 0.758. The van der Waals surface area contributed by atoms with Gasteiger partial charge in [0.15, 0.2) is 0 Å². The second kappa shape index (κ2) is 5.10. The number of carbonyl (C=O) groups is 1. The Hall–Kier alpha value is -1.36. The molecular formula is C13H20N4O. The van der Waals surface area contributed by atoms with Gasteiger partial charge in [-0.1, -0.05) is 0 Å². The number of likely N-dealkylation sites (tertiary alicyclic amines) is 1. The molecule has 1 aliphatic carbocycles. The maximum atomic E-state index is 12.1. The van der Waals surface area contributed by atoms with Gasteiger partial charge in [-0.25, -0.2) is 4.98 Å². The van der Waals surface area contributed by atoms with Gasteiger partial charge in [-0.3, -0.25) is 4.79 Å². The van der Waals surface area contributed by atoms with Crippen molar-refractivity contribution in [2.45, 2.75) is 44.8 Å². The van der Waals surface area contributed by atoms with Crippen LogP contribution in [0.3, 0.4) is 0 Å². The van der Waals surface area contributed by atoms with Gasteiger partial charge in [-0.15, -0.1) is 0 Å². The molecule has 0 spiro atoms. The lowest BCUT2D eigenvalue weighted by Crippen LogP contribution is -2.31. The van der Waals surface area contributed by atoms with Crippen LogP contribution < -0.4 is 5.32 Å². The largest absolute Gasteiger partial charge is 0.341 e. The second-order valence-electron chi connectivity index (χ2n) is 5.26. The summed E-state index contributed by atoms with van der Waals surface area (Å²) in [5, 5.41) is 3.46. The summed E-state index contributed by atoms with van der Waals surface area (Å²) in [6.07, 6.45) is 8.46. The first-order valence-electron chi connectivity index (χ1n) is 6.83. The fourth-order valence-corrected chi connectivity index (χ4v) is 2.39. The lowest BCUT2D eigenvalue weighted by atomic mass is 10.4. The smallest absolute Gasteiger partial charge is 0.242 e. The minimum absolute atomic E-state index is 0.221. The number of carbonyl (C=O) groups excluding carboxylic acids is 1. The third-order valence-electron chi connectivity index (χ3n) is 3.71. The van der Waals surface area contributed by atoms with E-state index in [1.165, 1.54) is 12.8 Å². The minimum Gasteiger partial charge on any atom is -0.341 e. The number of nitrogens with zero attached hydrogens (tertiary/aromatic N) is 3. The van der Waals surface area contributed by atoms with Gasteiger partial charge < -0.3 is 14.8 Å². The molecule has 2 heterocycles. The molecule has 0 bridgehead atoms. The molecule has 0 unspecified atom stereocenters. The van der Waals surface area contributed by atoms with E-state index in [-0.39, 0.29) is 5.91 Å².